The Hall–Kier alpha value is -0.540. The number of anilines is 1. The molecule has 3 heteroatoms. The third kappa shape index (κ3) is 3.21. The Labute approximate surface area is 101 Å². The monoisotopic (exact) mass is 270 g/mol. The molecular weight excluding hydrogens is 252 g/mol. The Morgan fingerprint density at radius 2 is 2.13 bits per heavy atom. The highest BCUT2D eigenvalue weighted by Gasteiger charge is 2.11. The maximum atomic E-state index is 5.95. The number of hydrogen-bond acceptors (Lipinski definition) is 2. The summed E-state index contributed by atoms with van der Waals surface area (Å²) >= 11 is 3.54. The first-order valence-electron chi connectivity index (χ1n) is 5.29. The number of nitrogens with zero attached hydrogens (tertiary/aromatic N) is 1. The van der Waals surface area contributed by atoms with Crippen molar-refractivity contribution in [3.8, 4) is 0 Å². The second-order valence-electron chi connectivity index (χ2n) is 3.98. The van der Waals surface area contributed by atoms with Gasteiger partial charge >= 0.3 is 0 Å². The standard InChI is InChI=1S/C12H19BrN2/c1-4-9(2)15(3)8-10-11(13)6-5-7-12(10)14/h5-7,9H,4,8,14H2,1-3H3. The van der Waals surface area contributed by atoms with Crippen molar-refractivity contribution in [3.05, 3.63) is 28.2 Å². The molecule has 1 rings (SSSR count). The number of nitrogen functional groups attached to an aromatic ring is 1. The van der Waals surface area contributed by atoms with Gasteiger partial charge in [-0.15, -0.1) is 0 Å². The molecule has 0 aliphatic heterocycles. The first-order valence-corrected chi connectivity index (χ1v) is 6.08. The molecule has 0 saturated heterocycles. The number of benzene rings is 1. The van der Waals surface area contributed by atoms with Crippen molar-refractivity contribution in [2.24, 2.45) is 0 Å². The third-order valence-corrected chi connectivity index (χ3v) is 3.65. The lowest BCUT2D eigenvalue weighted by molar-refractivity contribution is 0.244. The second-order valence-corrected chi connectivity index (χ2v) is 4.83. The van der Waals surface area contributed by atoms with E-state index < -0.39 is 0 Å². The van der Waals surface area contributed by atoms with Crippen molar-refractivity contribution in [1.29, 1.82) is 0 Å². The molecule has 0 amide bonds. The second kappa shape index (κ2) is 5.52. The summed E-state index contributed by atoms with van der Waals surface area (Å²) in [5, 5.41) is 0. The fraction of sp³-hybridized carbons (Fsp3) is 0.500. The summed E-state index contributed by atoms with van der Waals surface area (Å²) in [6.45, 7) is 5.32. The number of halogens is 1. The maximum absolute atomic E-state index is 5.95. The van der Waals surface area contributed by atoms with Gasteiger partial charge in [-0.2, -0.15) is 0 Å². The predicted octanol–water partition coefficient (Wildman–Crippen LogP) is 3.26. The summed E-state index contributed by atoms with van der Waals surface area (Å²) in [7, 11) is 2.13. The zero-order valence-electron chi connectivity index (χ0n) is 9.63. The Balaban J connectivity index is 2.80. The van der Waals surface area contributed by atoms with Crippen molar-refractivity contribution < 1.29 is 0 Å². The van der Waals surface area contributed by atoms with Gasteiger partial charge in [0.15, 0.2) is 0 Å². The largest absolute Gasteiger partial charge is 0.398 e. The van der Waals surface area contributed by atoms with E-state index in [0.717, 1.165) is 23.1 Å². The van der Waals surface area contributed by atoms with Gasteiger partial charge in [-0.1, -0.05) is 28.9 Å². The molecule has 0 spiro atoms. The van der Waals surface area contributed by atoms with Crippen LogP contribution < -0.4 is 5.73 Å². The summed E-state index contributed by atoms with van der Waals surface area (Å²) in [5.41, 5.74) is 8.00. The molecule has 0 aliphatic rings. The number of hydrogen-bond donors (Lipinski definition) is 1. The van der Waals surface area contributed by atoms with E-state index in [9.17, 15) is 0 Å². The third-order valence-electron chi connectivity index (χ3n) is 2.91. The summed E-state index contributed by atoms with van der Waals surface area (Å²) < 4.78 is 1.10. The summed E-state index contributed by atoms with van der Waals surface area (Å²) in [5.74, 6) is 0. The quantitative estimate of drug-likeness (QED) is 0.852. The molecule has 2 N–H and O–H groups in total. The van der Waals surface area contributed by atoms with Crippen molar-refractivity contribution in [2.75, 3.05) is 12.8 Å². The minimum absolute atomic E-state index is 0.580. The van der Waals surface area contributed by atoms with Gasteiger partial charge in [-0.3, -0.25) is 4.90 Å². The lowest BCUT2D eigenvalue weighted by Crippen LogP contribution is -2.28. The number of rotatable bonds is 4. The van der Waals surface area contributed by atoms with E-state index >= 15 is 0 Å². The average molecular weight is 271 g/mol. The molecular formula is C12H19BrN2. The molecule has 1 atom stereocenters. The van der Waals surface area contributed by atoms with Gasteiger partial charge in [-0.25, -0.2) is 0 Å². The Kier molecular flexibility index (Phi) is 4.61. The normalized spacial score (nSPS) is 13.1. The van der Waals surface area contributed by atoms with Crippen LogP contribution in [0.4, 0.5) is 5.69 Å². The van der Waals surface area contributed by atoms with Crippen molar-refractivity contribution in [1.82, 2.24) is 4.90 Å². The molecule has 0 saturated carbocycles. The Bertz CT molecular complexity index is 305. The molecule has 1 unspecified atom stereocenters. The van der Waals surface area contributed by atoms with Gasteiger partial charge in [0.05, 0.1) is 0 Å². The van der Waals surface area contributed by atoms with E-state index in [4.69, 9.17) is 5.73 Å². The van der Waals surface area contributed by atoms with Crippen molar-refractivity contribution >= 4 is 21.6 Å². The first kappa shape index (κ1) is 12.5. The minimum atomic E-state index is 0.580. The van der Waals surface area contributed by atoms with Crippen molar-refractivity contribution in [2.45, 2.75) is 32.9 Å². The molecule has 1 aromatic rings. The zero-order chi connectivity index (χ0) is 11.4. The van der Waals surface area contributed by atoms with Crippen LogP contribution in [0, 0.1) is 0 Å². The van der Waals surface area contributed by atoms with E-state index in [0.29, 0.717) is 6.04 Å². The van der Waals surface area contributed by atoms with Gasteiger partial charge in [0.2, 0.25) is 0 Å². The van der Waals surface area contributed by atoms with E-state index in [2.05, 4.69) is 41.7 Å². The van der Waals surface area contributed by atoms with Crippen LogP contribution in [0.5, 0.6) is 0 Å². The molecule has 0 aliphatic carbocycles. The smallest absolute Gasteiger partial charge is 0.0371 e. The fourth-order valence-electron chi connectivity index (χ4n) is 1.46. The van der Waals surface area contributed by atoms with E-state index in [-0.39, 0.29) is 0 Å². The Morgan fingerprint density at radius 3 is 2.67 bits per heavy atom. The van der Waals surface area contributed by atoms with Gasteiger partial charge < -0.3 is 5.73 Å². The van der Waals surface area contributed by atoms with Gasteiger partial charge in [0.1, 0.15) is 0 Å². The molecule has 0 aromatic heterocycles. The lowest BCUT2D eigenvalue weighted by atomic mass is 10.1. The van der Waals surface area contributed by atoms with Crippen LogP contribution in [0.25, 0.3) is 0 Å². The highest BCUT2D eigenvalue weighted by Crippen LogP contribution is 2.24. The van der Waals surface area contributed by atoms with Crippen LogP contribution >= 0.6 is 15.9 Å². The molecule has 0 radical (unpaired) electrons. The lowest BCUT2D eigenvalue weighted by Gasteiger charge is -2.24. The number of nitrogens with two attached hydrogens (primary N) is 1. The average Bonchev–Trinajstić information content (AvgIpc) is 2.22. The molecule has 1 aromatic carbocycles. The van der Waals surface area contributed by atoms with E-state index in [1.54, 1.807) is 0 Å². The summed E-state index contributed by atoms with van der Waals surface area (Å²) in [6.07, 6.45) is 1.15. The highest BCUT2D eigenvalue weighted by molar-refractivity contribution is 9.10. The van der Waals surface area contributed by atoms with Crippen LogP contribution in [0.15, 0.2) is 22.7 Å². The van der Waals surface area contributed by atoms with E-state index in [1.165, 1.54) is 5.56 Å². The topological polar surface area (TPSA) is 29.3 Å². The fourth-order valence-corrected chi connectivity index (χ4v) is 1.97. The molecule has 2 nitrogen and oxygen atoms in total. The van der Waals surface area contributed by atoms with Gasteiger partial charge in [-0.05, 0) is 32.5 Å². The van der Waals surface area contributed by atoms with Crippen molar-refractivity contribution in [3.63, 3.8) is 0 Å². The Morgan fingerprint density at radius 1 is 1.47 bits per heavy atom. The van der Waals surface area contributed by atoms with Crippen LogP contribution in [0.3, 0.4) is 0 Å². The summed E-state index contributed by atoms with van der Waals surface area (Å²) in [6, 6.07) is 6.53. The van der Waals surface area contributed by atoms with Crippen LogP contribution in [0.2, 0.25) is 0 Å². The zero-order valence-corrected chi connectivity index (χ0v) is 11.2. The van der Waals surface area contributed by atoms with Gasteiger partial charge in [0, 0.05) is 28.3 Å². The predicted molar refractivity (Wildman–Crippen MR) is 69.8 cm³/mol. The summed E-state index contributed by atoms with van der Waals surface area (Å²) in [4.78, 5) is 2.32. The SMILES string of the molecule is CCC(C)N(C)Cc1c(N)cccc1Br. The molecule has 84 valence electrons. The van der Waals surface area contributed by atoms with Crippen LogP contribution in [-0.4, -0.2) is 18.0 Å². The minimum Gasteiger partial charge on any atom is -0.398 e. The van der Waals surface area contributed by atoms with Crippen LogP contribution in [-0.2, 0) is 6.54 Å². The van der Waals surface area contributed by atoms with Crippen LogP contribution in [0.1, 0.15) is 25.8 Å². The van der Waals surface area contributed by atoms with Gasteiger partial charge in [0.25, 0.3) is 0 Å². The molecule has 0 bridgehead atoms. The molecule has 15 heavy (non-hydrogen) atoms. The van der Waals surface area contributed by atoms with E-state index in [1.807, 2.05) is 18.2 Å². The molecule has 0 heterocycles. The molecule has 0 fully saturated rings. The first-order chi connectivity index (χ1) is 7.06. The maximum Gasteiger partial charge on any atom is 0.0371 e. The highest BCUT2D eigenvalue weighted by atomic mass is 79.9.